The van der Waals surface area contributed by atoms with E-state index in [1.54, 1.807) is 12.1 Å². The Labute approximate surface area is 147 Å². The molecule has 0 spiro atoms. The molecule has 6 nitrogen and oxygen atoms in total. The van der Waals surface area contributed by atoms with Gasteiger partial charge in [-0.1, -0.05) is 0 Å². The molecule has 0 bridgehead atoms. The fourth-order valence-electron chi connectivity index (χ4n) is 4.07. The fraction of sp³-hybridized carbons (Fsp3) is 0.526. The number of piperidine rings is 1. The number of pyridine rings is 1. The van der Waals surface area contributed by atoms with Crippen LogP contribution >= 0.6 is 0 Å². The van der Waals surface area contributed by atoms with Crippen LogP contribution in [-0.4, -0.2) is 47.5 Å². The van der Waals surface area contributed by atoms with Gasteiger partial charge in [-0.15, -0.1) is 0 Å². The van der Waals surface area contributed by atoms with Crippen molar-refractivity contribution in [2.24, 2.45) is 5.92 Å². The van der Waals surface area contributed by atoms with Crippen molar-refractivity contribution in [3.05, 3.63) is 40.4 Å². The van der Waals surface area contributed by atoms with E-state index in [4.69, 9.17) is 4.98 Å². The van der Waals surface area contributed by atoms with Crippen molar-refractivity contribution in [1.82, 2.24) is 9.88 Å². The second-order valence-electron chi connectivity index (χ2n) is 7.24. The molecule has 25 heavy (non-hydrogen) atoms. The molecule has 2 aliphatic heterocycles. The van der Waals surface area contributed by atoms with Crippen LogP contribution in [0.3, 0.4) is 0 Å². The summed E-state index contributed by atoms with van der Waals surface area (Å²) >= 11 is 0. The maximum atomic E-state index is 10.9. The molecule has 1 aromatic heterocycles. The number of hydrogen-bond acceptors (Lipinski definition) is 5. The lowest BCUT2D eigenvalue weighted by Gasteiger charge is -2.34. The van der Waals surface area contributed by atoms with Crippen LogP contribution in [0, 0.1) is 16.0 Å². The largest absolute Gasteiger partial charge is 0.357 e. The van der Waals surface area contributed by atoms with E-state index >= 15 is 0 Å². The molecule has 4 rings (SSSR count). The van der Waals surface area contributed by atoms with E-state index in [-0.39, 0.29) is 10.6 Å². The third-order valence-electron chi connectivity index (χ3n) is 5.52. The van der Waals surface area contributed by atoms with E-state index in [1.807, 2.05) is 12.1 Å². The van der Waals surface area contributed by atoms with Crippen molar-refractivity contribution in [1.29, 1.82) is 0 Å². The predicted molar refractivity (Wildman–Crippen MR) is 99.0 cm³/mol. The van der Waals surface area contributed by atoms with E-state index in [0.29, 0.717) is 0 Å². The first-order chi connectivity index (χ1) is 12.2. The van der Waals surface area contributed by atoms with Gasteiger partial charge in [-0.2, -0.15) is 0 Å². The van der Waals surface area contributed by atoms with Gasteiger partial charge in [0, 0.05) is 37.2 Å². The normalized spacial score (nSPS) is 19.6. The zero-order valence-electron chi connectivity index (χ0n) is 14.4. The number of nitro groups is 1. The average molecular weight is 340 g/mol. The lowest BCUT2D eigenvalue weighted by molar-refractivity contribution is -0.384. The Hall–Kier alpha value is -2.21. The number of non-ortho nitro benzene ring substituents is 1. The first kappa shape index (κ1) is 16.3. The highest BCUT2D eigenvalue weighted by atomic mass is 16.6. The molecule has 0 unspecified atom stereocenters. The molecule has 6 heteroatoms. The summed E-state index contributed by atoms with van der Waals surface area (Å²) < 4.78 is 0. The third-order valence-corrected chi connectivity index (χ3v) is 5.52. The number of hydrogen-bond donors (Lipinski definition) is 0. The molecular weight excluding hydrogens is 316 g/mol. The predicted octanol–water partition coefficient (Wildman–Crippen LogP) is 3.46. The van der Waals surface area contributed by atoms with Crippen LogP contribution < -0.4 is 4.90 Å². The highest BCUT2D eigenvalue weighted by Gasteiger charge is 2.23. The van der Waals surface area contributed by atoms with Gasteiger partial charge in [-0.3, -0.25) is 10.1 Å². The number of aromatic nitrogens is 1. The Morgan fingerprint density at radius 1 is 1.08 bits per heavy atom. The molecule has 132 valence electrons. The van der Waals surface area contributed by atoms with Gasteiger partial charge < -0.3 is 9.80 Å². The lowest BCUT2D eigenvalue weighted by Crippen LogP contribution is -2.38. The van der Waals surface area contributed by atoms with Crippen molar-refractivity contribution < 1.29 is 4.92 Å². The number of benzene rings is 1. The molecule has 0 amide bonds. The van der Waals surface area contributed by atoms with Crippen molar-refractivity contribution in [2.45, 2.75) is 25.7 Å². The molecule has 3 heterocycles. The SMILES string of the molecule is O=[N+]([O-])c1ccc2nc(N3CCC(CN4CCCC4)CC3)ccc2c1. The molecule has 0 radical (unpaired) electrons. The summed E-state index contributed by atoms with van der Waals surface area (Å²) in [5, 5.41) is 11.7. The summed E-state index contributed by atoms with van der Waals surface area (Å²) in [5.41, 5.74) is 0.937. The Morgan fingerprint density at radius 2 is 1.84 bits per heavy atom. The smallest absolute Gasteiger partial charge is 0.270 e. The molecule has 0 N–H and O–H groups in total. The fourth-order valence-corrected chi connectivity index (χ4v) is 4.07. The quantitative estimate of drug-likeness (QED) is 0.630. The van der Waals surface area contributed by atoms with Crippen molar-refractivity contribution in [2.75, 3.05) is 37.6 Å². The second kappa shape index (κ2) is 6.96. The number of rotatable bonds is 4. The zero-order chi connectivity index (χ0) is 17.2. The van der Waals surface area contributed by atoms with Gasteiger partial charge in [-0.05, 0) is 62.9 Å². The van der Waals surface area contributed by atoms with Gasteiger partial charge in [0.05, 0.1) is 10.4 Å². The van der Waals surface area contributed by atoms with Gasteiger partial charge in [0.2, 0.25) is 0 Å². The summed E-state index contributed by atoms with van der Waals surface area (Å²) in [7, 11) is 0. The third kappa shape index (κ3) is 3.58. The number of fused-ring (bicyclic) bond motifs is 1. The first-order valence-electron chi connectivity index (χ1n) is 9.21. The summed E-state index contributed by atoms with van der Waals surface area (Å²) in [6.45, 7) is 5.90. The minimum Gasteiger partial charge on any atom is -0.357 e. The van der Waals surface area contributed by atoms with Crippen LogP contribution in [0.1, 0.15) is 25.7 Å². The monoisotopic (exact) mass is 340 g/mol. The standard InChI is InChI=1S/C19H24N4O2/c24-23(25)17-4-5-18-16(13-17)3-6-19(20-18)22-11-7-15(8-12-22)14-21-9-1-2-10-21/h3-6,13,15H,1-2,7-12,14H2. The zero-order valence-corrected chi connectivity index (χ0v) is 14.4. The molecule has 0 aliphatic carbocycles. The second-order valence-corrected chi connectivity index (χ2v) is 7.24. The van der Waals surface area contributed by atoms with Crippen molar-refractivity contribution in [3.63, 3.8) is 0 Å². The van der Waals surface area contributed by atoms with Gasteiger partial charge in [0.25, 0.3) is 5.69 Å². The average Bonchev–Trinajstić information content (AvgIpc) is 3.14. The Bertz CT molecular complexity index is 765. The minimum absolute atomic E-state index is 0.116. The summed E-state index contributed by atoms with van der Waals surface area (Å²) in [4.78, 5) is 20.2. The first-order valence-corrected chi connectivity index (χ1v) is 9.21. The van der Waals surface area contributed by atoms with Crippen LogP contribution in [0.5, 0.6) is 0 Å². The lowest BCUT2D eigenvalue weighted by atomic mass is 9.96. The van der Waals surface area contributed by atoms with Gasteiger partial charge in [0.15, 0.2) is 0 Å². The number of anilines is 1. The van der Waals surface area contributed by atoms with E-state index < -0.39 is 0 Å². The summed E-state index contributed by atoms with van der Waals surface area (Å²) in [6.07, 6.45) is 5.16. The van der Waals surface area contributed by atoms with Crippen LogP contribution in [0.15, 0.2) is 30.3 Å². The number of nitro benzene ring substituents is 1. The van der Waals surface area contributed by atoms with E-state index in [9.17, 15) is 10.1 Å². The molecule has 2 aliphatic rings. The van der Waals surface area contributed by atoms with Crippen LogP contribution in [0.2, 0.25) is 0 Å². The topological polar surface area (TPSA) is 62.5 Å². The van der Waals surface area contributed by atoms with Crippen molar-refractivity contribution in [3.8, 4) is 0 Å². The summed E-state index contributed by atoms with van der Waals surface area (Å²) in [5.74, 6) is 1.79. The van der Waals surface area contributed by atoms with E-state index in [2.05, 4.69) is 9.80 Å². The Morgan fingerprint density at radius 3 is 2.56 bits per heavy atom. The molecule has 2 saturated heterocycles. The van der Waals surface area contributed by atoms with Crippen LogP contribution in [0.25, 0.3) is 10.9 Å². The van der Waals surface area contributed by atoms with Crippen LogP contribution in [-0.2, 0) is 0 Å². The van der Waals surface area contributed by atoms with E-state index in [1.165, 1.54) is 51.4 Å². The molecular formula is C19H24N4O2. The molecule has 0 atom stereocenters. The minimum atomic E-state index is -0.363. The van der Waals surface area contributed by atoms with Gasteiger partial charge in [0.1, 0.15) is 5.82 Å². The molecule has 1 aromatic carbocycles. The number of nitrogens with zero attached hydrogens (tertiary/aromatic N) is 4. The Kier molecular flexibility index (Phi) is 4.53. The van der Waals surface area contributed by atoms with E-state index in [0.717, 1.165) is 35.7 Å². The Balaban J connectivity index is 1.42. The number of likely N-dealkylation sites (tertiary alicyclic amines) is 1. The van der Waals surface area contributed by atoms with Gasteiger partial charge in [-0.25, -0.2) is 4.98 Å². The summed E-state index contributed by atoms with van der Waals surface area (Å²) in [6, 6.07) is 8.81. The maximum absolute atomic E-state index is 10.9. The van der Waals surface area contributed by atoms with Gasteiger partial charge >= 0.3 is 0 Å². The maximum Gasteiger partial charge on any atom is 0.270 e. The molecule has 2 aromatic rings. The van der Waals surface area contributed by atoms with Crippen LogP contribution in [0.4, 0.5) is 11.5 Å². The van der Waals surface area contributed by atoms with Crippen molar-refractivity contribution >= 4 is 22.4 Å². The molecule has 0 saturated carbocycles. The molecule has 2 fully saturated rings. The highest BCUT2D eigenvalue weighted by Crippen LogP contribution is 2.26. The highest BCUT2D eigenvalue weighted by molar-refractivity contribution is 5.82.